The average Bonchev–Trinajstić information content (AvgIpc) is 2.69. The summed E-state index contributed by atoms with van der Waals surface area (Å²) in [5.74, 6) is 2.90. The first-order chi connectivity index (χ1) is 13.8. The summed E-state index contributed by atoms with van der Waals surface area (Å²) in [6.45, 7) is 2.95. The fourth-order valence-corrected chi connectivity index (χ4v) is 5.21. The number of ether oxygens (including phenoxy) is 2. The van der Waals surface area contributed by atoms with Gasteiger partial charge in [-0.3, -0.25) is 0 Å². The molecule has 0 N–H and O–H groups in total. The first kappa shape index (κ1) is 22.2. The normalized spacial score (nSPS) is 28.9. The van der Waals surface area contributed by atoms with Crippen LogP contribution < -0.4 is 4.74 Å². The molecule has 0 radical (unpaired) electrons. The third-order valence-electron chi connectivity index (χ3n) is 6.81. The van der Waals surface area contributed by atoms with E-state index in [1.807, 2.05) is 6.92 Å². The molecule has 0 aromatic heterocycles. The van der Waals surface area contributed by atoms with Crippen molar-refractivity contribution in [2.24, 2.45) is 23.7 Å². The third-order valence-corrected chi connectivity index (χ3v) is 6.81. The second-order valence-electron chi connectivity index (χ2n) is 8.83. The Morgan fingerprint density at radius 1 is 0.931 bits per heavy atom. The minimum atomic E-state index is -4.64. The van der Waals surface area contributed by atoms with Gasteiger partial charge in [0.15, 0.2) is 0 Å². The van der Waals surface area contributed by atoms with Crippen molar-refractivity contribution in [1.82, 2.24) is 0 Å². The number of alkyl halides is 3. The van der Waals surface area contributed by atoms with Crippen molar-refractivity contribution in [1.29, 1.82) is 0 Å². The van der Waals surface area contributed by atoms with E-state index in [1.165, 1.54) is 63.5 Å². The Balaban J connectivity index is 1.47. The molecule has 0 unspecified atom stereocenters. The molecule has 0 spiro atoms. The van der Waals surface area contributed by atoms with E-state index in [2.05, 4.69) is 10.8 Å². The molecule has 0 saturated heterocycles. The van der Waals surface area contributed by atoms with E-state index in [0.717, 1.165) is 35.5 Å². The molecule has 2 aliphatic rings. The van der Waals surface area contributed by atoms with Crippen molar-refractivity contribution >= 4 is 5.57 Å². The van der Waals surface area contributed by atoms with Crippen molar-refractivity contribution in [3.8, 4) is 5.75 Å². The average molecular weight is 411 g/mol. The molecule has 0 bridgehead atoms. The zero-order chi connectivity index (χ0) is 20.9. The Bertz CT molecular complexity index is 650. The summed E-state index contributed by atoms with van der Waals surface area (Å²) in [4.78, 5) is 0. The van der Waals surface area contributed by atoms with Gasteiger partial charge in [0.05, 0.1) is 0 Å². The van der Waals surface area contributed by atoms with Gasteiger partial charge in [-0.15, -0.1) is 13.2 Å². The smallest absolute Gasteiger partial charge is 0.406 e. The van der Waals surface area contributed by atoms with Crippen LogP contribution >= 0.6 is 0 Å². The van der Waals surface area contributed by atoms with Gasteiger partial charge in [-0.1, -0.05) is 18.2 Å². The number of halogens is 3. The summed E-state index contributed by atoms with van der Waals surface area (Å²) in [5, 5.41) is 0. The fraction of sp³-hybridized carbons (Fsp3) is 0.667. The summed E-state index contributed by atoms with van der Waals surface area (Å²) < 4.78 is 46.1. The van der Waals surface area contributed by atoms with Gasteiger partial charge < -0.3 is 9.47 Å². The third kappa shape index (κ3) is 6.77. The van der Waals surface area contributed by atoms with Crippen LogP contribution in [0.1, 0.15) is 63.9 Å². The maximum Gasteiger partial charge on any atom is 0.573 e. The van der Waals surface area contributed by atoms with E-state index >= 15 is 0 Å². The van der Waals surface area contributed by atoms with Crippen LogP contribution in [0.15, 0.2) is 30.3 Å². The van der Waals surface area contributed by atoms with Crippen molar-refractivity contribution in [2.45, 2.75) is 64.7 Å². The van der Waals surface area contributed by atoms with E-state index in [1.54, 1.807) is 19.2 Å². The van der Waals surface area contributed by atoms with Crippen LogP contribution in [0.5, 0.6) is 5.75 Å². The van der Waals surface area contributed by atoms with Crippen LogP contribution in [0, 0.1) is 23.7 Å². The quantitative estimate of drug-likeness (QED) is 0.492. The van der Waals surface area contributed by atoms with Gasteiger partial charge in [0.25, 0.3) is 0 Å². The maximum atomic E-state index is 12.3. The molecule has 3 rings (SSSR count). The molecule has 5 heteroatoms. The van der Waals surface area contributed by atoms with Gasteiger partial charge in [-0.25, -0.2) is 0 Å². The molecule has 2 aliphatic carbocycles. The number of benzene rings is 1. The van der Waals surface area contributed by atoms with Crippen LogP contribution in [0.4, 0.5) is 13.2 Å². The van der Waals surface area contributed by atoms with Gasteiger partial charge >= 0.3 is 6.36 Å². The highest BCUT2D eigenvalue weighted by molar-refractivity contribution is 5.64. The molecule has 0 atom stereocenters. The van der Waals surface area contributed by atoms with Crippen LogP contribution in [0.25, 0.3) is 5.57 Å². The lowest BCUT2D eigenvalue weighted by molar-refractivity contribution is -0.274. The molecule has 29 heavy (non-hydrogen) atoms. The summed E-state index contributed by atoms with van der Waals surface area (Å²) >= 11 is 0. The first-order valence-electron chi connectivity index (χ1n) is 10.9. The SMILES string of the molecule is COCC1CCC(C2CCC(/C=C(\C)c3ccc(OC(F)(F)F)cc3)CC2)CC1. The molecular formula is C24H33F3O2. The Morgan fingerprint density at radius 3 is 2.00 bits per heavy atom. The van der Waals surface area contributed by atoms with Gasteiger partial charge in [0, 0.05) is 13.7 Å². The summed E-state index contributed by atoms with van der Waals surface area (Å²) in [6, 6.07) is 6.18. The minimum Gasteiger partial charge on any atom is -0.406 e. The predicted molar refractivity (Wildman–Crippen MR) is 110 cm³/mol. The highest BCUT2D eigenvalue weighted by Crippen LogP contribution is 2.42. The van der Waals surface area contributed by atoms with Crippen LogP contribution in [0.3, 0.4) is 0 Å². The number of hydrogen-bond donors (Lipinski definition) is 0. The number of rotatable bonds is 6. The van der Waals surface area contributed by atoms with Crippen molar-refractivity contribution in [3.05, 3.63) is 35.9 Å². The standard InChI is InChI=1S/C24H33F3O2/c1-17(20-11-13-23(14-12-20)29-24(25,26)27)15-18-3-7-21(8-4-18)22-9-5-19(6-10-22)16-28-2/h11-15,18-19,21-22H,3-10,16H2,1-2H3/b17-15+. The summed E-state index contributed by atoms with van der Waals surface area (Å²) in [6.07, 6.45) is 8.02. The van der Waals surface area contributed by atoms with Crippen molar-refractivity contribution in [3.63, 3.8) is 0 Å². The number of methoxy groups -OCH3 is 1. The summed E-state index contributed by atoms with van der Waals surface area (Å²) in [7, 11) is 1.80. The highest BCUT2D eigenvalue weighted by atomic mass is 19.4. The number of hydrogen-bond acceptors (Lipinski definition) is 2. The van der Waals surface area contributed by atoms with E-state index in [4.69, 9.17) is 4.74 Å². The Kier molecular flexibility index (Phi) is 7.66. The second-order valence-corrected chi connectivity index (χ2v) is 8.83. The molecule has 0 heterocycles. The molecule has 2 fully saturated rings. The molecule has 1 aromatic carbocycles. The fourth-order valence-electron chi connectivity index (χ4n) is 5.21. The topological polar surface area (TPSA) is 18.5 Å². The zero-order valence-corrected chi connectivity index (χ0v) is 17.5. The van der Waals surface area contributed by atoms with Crippen LogP contribution in [-0.4, -0.2) is 20.1 Å². The van der Waals surface area contributed by atoms with Crippen molar-refractivity contribution < 1.29 is 22.6 Å². The molecule has 1 aromatic rings. The van der Waals surface area contributed by atoms with E-state index < -0.39 is 6.36 Å². The van der Waals surface area contributed by atoms with Gasteiger partial charge in [0.2, 0.25) is 0 Å². The lowest BCUT2D eigenvalue weighted by Gasteiger charge is -2.37. The summed E-state index contributed by atoms with van der Waals surface area (Å²) in [5.41, 5.74) is 2.09. The molecule has 0 aliphatic heterocycles. The Hall–Kier alpha value is -1.49. The highest BCUT2D eigenvalue weighted by Gasteiger charge is 2.31. The second kappa shape index (κ2) is 10.0. The number of allylic oxidation sites excluding steroid dienone is 2. The van der Waals surface area contributed by atoms with Crippen LogP contribution in [0.2, 0.25) is 0 Å². The first-order valence-corrected chi connectivity index (χ1v) is 10.9. The lowest BCUT2D eigenvalue weighted by atomic mass is 9.69. The zero-order valence-electron chi connectivity index (χ0n) is 17.5. The lowest BCUT2D eigenvalue weighted by Crippen LogP contribution is -2.26. The van der Waals surface area contributed by atoms with Gasteiger partial charge in [-0.05, 0) is 105 Å². The van der Waals surface area contributed by atoms with Crippen molar-refractivity contribution in [2.75, 3.05) is 13.7 Å². The minimum absolute atomic E-state index is 0.172. The molecule has 0 amide bonds. The molecule has 162 valence electrons. The van der Waals surface area contributed by atoms with E-state index in [0.29, 0.717) is 5.92 Å². The predicted octanol–water partition coefficient (Wildman–Crippen LogP) is 7.25. The van der Waals surface area contributed by atoms with E-state index in [-0.39, 0.29) is 5.75 Å². The van der Waals surface area contributed by atoms with Gasteiger partial charge in [-0.2, -0.15) is 0 Å². The largest absolute Gasteiger partial charge is 0.573 e. The molecule has 2 saturated carbocycles. The maximum absolute atomic E-state index is 12.3. The van der Waals surface area contributed by atoms with E-state index in [9.17, 15) is 13.2 Å². The van der Waals surface area contributed by atoms with Crippen LogP contribution in [-0.2, 0) is 4.74 Å². The Morgan fingerprint density at radius 2 is 1.48 bits per heavy atom. The Labute approximate surface area is 172 Å². The molecular weight excluding hydrogens is 377 g/mol. The van der Waals surface area contributed by atoms with Gasteiger partial charge in [0.1, 0.15) is 5.75 Å². The monoisotopic (exact) mass is 410 g/mol. The molecule has 2 nitrogen and oxygen atoms in total.